The van der Waals surface area contributed by atoms with Crippen molar-refractivity contribution in [1.29, 1.82) is 0 Å². The van der Waals surface area contributed by atoms with Crippen molar-refractivity contribution in [3.8, 4) is 0 Å². The summed E-state index contributed by atoms with van der Waals surface area (Å²) < 4.78 is 0. The molecule has 0 aliphatic carbocycles. The predicted octanol–water partition coefficient (Wildman–Crippen LogP) is 4.75. The highest BCUT2D eigenvalue weighted by atomic mass is 14.0. The first-order valence-corrected chi connectivity index (χ1v) is 5.67. The number of unbranched alkanes of at least 4 members (excludes halogenated alkanes) is 2. The molecule has 1 aromatic rings. The van der Waals surface area contributed by atoms with E-state index in [9.17, 15) is 0 Å². The van der Waals surface area contributed by atoms with Crippen molar-refractivity contribution in [2.75, 3.05) is 0 Å². The van der Waals surface area contributed by atoms with Crippen molar-refractivity contribution >= 4 is 5.57 Å². The Hall–Kier alpha value is -1.30. The van der Waals surface area contributed by atoms with Gasteiger partial charge in [-0.25, -0.2) is 0 Å². The molecule has 0 aromatic heterocycles. The van der Waals surface area contributed by atoms with Crippen LogP contribution in [-0.2, 0) is 0 Å². The van der Waals surface area contributed by atoms with Gasteiger partial charge in [-0.3, -0.25) is 0 Å². The maximum Gasteiger partial charge on any atom is -0.0161 e. The molecule has 1 rings (SSSR count). The maximum atomic E-state index is 4.10. The SMILES string of the molecule is C=C(/C=C\CCCC)c1ccccc1C. The van der Waals surface area contributed by atoms with Gasteiger partial charge in [-0.15, -0.1) is 0 Å². The molecule has 0 saturated carbocycles. The second-order valence-electron chi connectivity index (χ2n) is 3.88. The van der Waals surface area contributed by atoms with Crippen LogP contribution in [0.1, 0.15) is 37.3 Å². The van der Waals surface area contributed by atoms with E-state index in [-0.39, 0.29) is 0 Å². The van der Waals surface area contributed by atoms with Gasteiger partial charge in [0, 0.05) is 0 Å². The Morgan fingerprint density at radius 2 is 2.07 bits per heavy atom. The van der Waals surface area contributed by atoms with Crippen LogP contribution in [-0.4, -0.2) is 0 Å². The summed E-state index contributed by atoms with van der Waals surface area (Å²) in [6.07, 6.45) is 8.02. The minimum atomic E-state index is 1.12. The molecule has 0 saturated heterocycles. The molecule has 15 heavy (non-hydrogen) atoms. The lowest BCUT2D eigenvalue weighted by molar-refractivity contribution is 0.815. The first kappa shape index (κ1) is 11.8. The normalized spacial score (nSPS) is 10.8. The molecule has 0 spiro atoms. The fourth-order valence-electron chi connectivity index (χ4n) is 1.57. The minimum absolute atomic E-state index is 1.12. The molecule has 0 amide bonds. The van der Waals surface area contributed by atoms with Gasteiger partial charge in [-0.05, 0) is 30.0 Å². The third kappa shape index (κ3) is 3.75. The van der Waals surface area contributed by atoms with E-state index >= 15 is 0 Å². The van der Waals surface area contributed by atoms with Crippen LogP contribution in [0.5, 0.6) is 0 Å². The number of hydrogen-bond acceptors (Lipinski definition) is 0. The second-order valence-corrected chi connectivity index (χ2v) is 3.88. The van der Waals surface area contributed by atoms with Crippen molar-refractivity contribution in [3.63, 3.8) is 0 Å². The van der Waals surface area contributed by atoms with E-state index in [1.807, 2.05) is 0 Å². The topological polar surface area (TPSA) is 0 Å². The van der Waals surface area contributed by atoms with Crippen LogP contribution in [0.4, 0.5) is 0 Å². The Kier molecular flexibility index (Phi) is 4.89. The molecule has 0 bridgehead atoms. The molecule has 0 atom stereocenters. The molecule has 80 valence electrons. The van der Waals surface area contributed by atoms with Gasteiger partial charge in [0.25, 0.3) is 0 Å². The van der Waals surface area contributed by atoms with Crippen molar-refractivity contribution in [3.05, 3.63) is 54.1 Å². The molecule has 0 fully saturated rings. The zero-order valence-electron chi connectivity index (χ0n) is 9.79. The largest absolute Gasteiger partial charge is 0.0912 e. The summed E-state index contributed by atoms with van der Waals surface area (Å²) in [6, 6.07) is 8.38. The van der Waals surface area contributed by atoms with Crippen molar-refractivity contribution in [1.82, 2.24) is 0 Å². The highest BCUT2D eigenvalue weighted by molar-refractivity contribution is 5.73. The molecule has 0 heterocycles. The average molecular weight is 200 g/mol. The zero-order chi connectivity index (χ0) is 11.1. The van der Waals surface area contributed by atoms with Crippen LogP contribution in [0.2, 0.25) is 0 Å². The van der Waals surface area contributed by atoms with Gasteiger partial charge in [0.05, 0.1) is 0 Å². The van der Waals surface area contributed by atoms with Crippen LogP contribution in [0.15, 0.2) is 43.0 Å². The standard InChI is InChI=1S/C15H20/c1-4-5-6-7-10-13(2)15-12-9-8-11-14(15)3/h7-12H,2,4-6H2,1,3H3/b10-7-. The van der Waals surface area contributed by atoms with E-state index in [1.54, 1.807) is 0 Å². The van der Waals surface area contributed by atoms with Crippen LogP contribution in [0.25, 0.3) is 5.57 Å². The monoisotopic (exact) mass is 200 g/mol. The van der Waals surface area contributed by atoms with Gasteiger partial charge >= 0.3 is 0 Å². The summed E-state index contributed by atoms with van der Waals surface area (Å²) in [4.78, 5) is 0. The lowest BCUT2D eigenvalue weighted by Gasteiger charge is -2.04. The van der Waals surface area contributed by atoms with Gasteiger partial charge < -0.3 is 0 Å². The summed E-state index contributed by atoms with van der Waals surface area (Å²) >= 11 is 0. The van der Waals surface area contributed by atoms with Gasteiger partial charge in [0.1, 0.15) is 0 Å². The molecular weight excluding hydrogens is 180 g/mol. The Balaban J connectivity index is 2.61. The maximum absolute atomic E-state index is 4.10. The van der Waals surface area contributed by atoms with E-state index in [0.717, 1.165) is 12.0 Å². The van der Waals surface area contributed by atoms with Crippen molar-refractivity contribution in [2.45, 2.75) is 33.1 Å². The average Bonchev–Trinajstić information content (AvgIpc) is 2.25. The first-order chi connectivity index (χ1) is 7.25. The van der Waals surface area contributed by atoms with Gasteiger partial charge in [-0.1, -0.05) is 62.8 Å². The number of aryl methyl sites for hydroxylation is 1. The molecule has 0 aliphatic heterocycles. The lowest BCUT2D eigenvalue weighted by Crippen LogP contribution is -1.83. The number of benzene rings is 1. The summed E-state index contributed by atoms with van der Waals surface area (Å²) in [5, 5.41) is 0. The van der Waals surface area contributed by atoms with Crippen LogP contribution >= 0.6 is 0 Å². The molecule has 0 nitrogen and oxygen atoms in total. The number of hydrogen-bond donors (Lipinski definition) is 0. The Morgan fingerprint density at radius 3 is 2.73 bits per heavy atom. The second kappa shape index (κ2) is 6.23. The van der Waals surface area contributed by atoms with Crippen molar-refractivity contribution < 1.29 is 0 Å². The third-order valence-electron chi connectivity index (χ3n) is 2.53. The molecule has 0 N–H and O–H groups in total. The van der Waals surface area contributed by atoms with E-state index < -0.39 is 0 Å². The fourth-order valence-corrected chi connectivity index (χ4v) is 1.57. The Morgan fingerprint density at radius 1 is 1.33 bits per heavy atom. The molecule has 1 aromatic carbocycles. The molecule has 0 radical (unpaired) electrons. The van der Waals surface area contributed by atoms with Crippen molar-refractivity contribution in [2.24, 2.45) is 0 Å². The third-order valence-corrected chi connectivity index (χ3v) is 2.53. The zero-order valence-corrected chi connectivity index (χ0v) is 9.79. The molecule has 0 unspecified atom stereocenters. The summed E-state index contributed by atoms with van der Waals surface area (Å²) in [5.41, 5.74) is 3.66. The molecule has 0 heteroatoms. The highest BCUT2D eigenvalue weighted by Gasteiger charge is 1.97. The molecular formula is C15H20. The van der Waals surface area contributed by atoms with Crippen LogP contribution in [0.3, 0.4) is 0 Å². The summed E-state index contributed by atoms with van der Waals surface area (Å²) in [5.74, 6) is 0. The summed E-state index contributed by atoms with van der Waals surface area (Å²) in [7, 11) is 0. The van der Waals surface area contributed by atoms with E-state index in [2.05, 4.69) is 56.8 Å². The van der Waals surface area contributed by atoms with Gasteiger partial charge in [0.15, 0.2) is 0 Å². The fraction of sp³-hybridized carbons (Fsp3) is 0.333. The van der Waals surface area contributed by atoms with E-state index in [4.69, 9.17) is 0 Å². The lowest BCUT2D eigenvalue weighted by atomic mass is 10.0. The smallest absolute Gasteiger partial charge is 0.0161 e. The van der Waals surface area contributed by atoms with Gasteiger partial charge in [0.2, 0.25) is 0 Å². The van der Waals surface area contributed by atoms with Gasteiger partial charge in [-0.2, -0.15) is 0 Å². The first-order valence-electron chi connectivity index (χ1n) is 5.67. The van der Waals surface area contributed by atoms with E-state index in [0.29, 0.717) is 0 Å². The van der Waals surface area contributed by atoms with Crippen LogP contribution < -0.4 is 0 Å². The Labute approximate surface area is 93.3 Å². The molecule has 0 aliphatic rings. The predicted molar refractivity (Wildman–Crippen MR) is 68.9 cm³/mol. The number of allylic oxidation sites excluding steroid dienone is 3. The summed E-state index contributed by atoms with van der Waals surface area (Å²) in [6.45, 7) is 8.43. The van der Waals surface area contributed by atoms with Crippen LogP contribution in [0, 0.1) is 6.92 Å². The van der Waals surface area contributed by atoms with E-state index in [1.165, 1.54) is 24.0 Å². The highest BCUT2D eigenvalue weighted by Crippen LogP contribution is 2.18. The number of rotatable bonds is 5. The Bertz CT molecular complexity index is 345. The quantitative estimate of drug-likeness (QED) is 0.475. The minimum Gasteiger partial charge on any atom is -0.0912 e.